The summed E-state index contributed by atoms with van der Waals surface area (Å²) in [5, 5.41) is 8.36. The Morgan fingerprint density at radius 3 is 2.44 bits per heavy atom. The van der Waals surface area contributed by atoms with Crippen molar-refractivity contribution in [2.45, 2.75) is 6.61 Å². The minimum Gasteiger partial charge on any atom is -0.478 e. The van der Waals surface area contributed by atoms with Crippen LogP contribution in [0.5, 0.6) is 5.75 Å². The highest BCUT2D eigenvalue weighted by Gasteiger charge is 2.17. The van der Waals surface area contributed by atoms with Crippen molar-refractivity contribution in [1.82, 2.24) is 0 Å². The molecule has 1 aromatic rings. The van der Waals surface area contributed by atoms with Gasteiger partial charge in [-0.1, -0.05) is 6.07 Å². The molecule has 7 heteroatoms. The number of aldehydes is 1. The Labute approximate surface area is 99.3 Å². The molecule has 0 amide bonds. The minimum atomic E-state index is -3.29. The fourth-order valence-electron chi connectivity index (χ4n) is 1.18. The van der Waals surface area contributed by atoms with Crippen LogP contribution in [0.2, 0.25) is 0 Å². The molecule has 1 aromatic carbocycles. The number of carbonyl (C=O) groups is 2. The van der Waals surface area contributed by atoms with Gasteiger partial charge >= 0.3 is 12.6 Å². The fraction of sp³-hybridized carbons (Fsp3) is 0.0909. The predicted octanol–water partition coefficient (Wildman–Crippen LogP) is 2.34. The molecular formula is C11H7F3O4. The molecular weight excluding hydrogens is 253 g/mol. The average molecular weight is 260 g/mol. The quantitative estimate of drug-likeness (QED) is 0.652. The van der Waals surface area contributed by atoms with E-state index in [-0.39, 0.29) is 17.4 Å². The van der Waals surface area contributed by atoms with Crippen LogP contribution in [0, 0.1) is 5.82 Å². The van der Waals surface area contributed by atoms with Gasteiger partial charge in [0, 0.05) is 11.6 Å². The van der Waals surface area contributed by atoms with Crippen LogP contribution in [-0.4, -0.2) is 24.0 Å². The lowest BCUT2D eigenvalue weighted by Crippen LogP contribution is -2.07. The number of rotatable bonds is 5. The summed E-state index contributed by atoms with van der Waals surface area (Å²) < 4.78 is 41.7. The van der Waals surface area contributed by atoms with Crippen LogP contribution < -0.4 is 4.74 Å². The largest absolute Gasteiger partial charge is 0.478 e. The molecule has 0 heterocycles. The third kappa shape index (κ3) is 3.34. The first-order chi connectivity index (χ1) is 8.45. The van der Waals surface area contributed by atoms with Crippen LogP contribution in [-0.2, 0) is 4.79 Å². The monoisotopic (exact) mass is 260 g/mol. The summed E-state index contributed by atoms with van der Waals surface area (Å²) in [6, 6.07) is 2.13. The maximum Gasteiger partial charge on any atom is 0.387 e. The summed E-state index contributed by atoms with van der Waals surface area (Å²) in [6.45, 7) is -3.29. The van der Waals surface area contributed by atoms with Gasteiger partial charge in [-0.25, -0.2) is 9.18 Å². The molecule has 96 valence electrons. The number of carboxylic acids is 1. The zero-order valence-electron chi connectivity index (χ0n) is 8.77. The first kappa shape index (κ1) is 13.8. The molecule has 4 nitrogen and oxygen atoms in total. The van der Waals surface area contributed by atoms with E-state index in [2.05, 4.69) is 4.74 Å². The lowest BCUT2D eigenvalue weighted by molar-refractivity contribution is -0.131. The van der Waals surface area contributed by atoms with Crippen molar-refractivity contribution >= 4 is 18.3 Å². The maximum absolute atomic E-state index is 13.7. The molecule has 1 N–H and O–H groups in total. The molecule has 0 radical (unpaired) electrons. The van der Waals surface area contributed by atoms with Crippen LogP contribution in [0.15, 0.2) is 18.2 Å². The molecule has 0 aromatic heterocycles. The molecule has 0 spiro atoms. The van der Waals surface area contributed by atoms with Crippen molar-refractivity contribution in [1.29, 1.82) is 0 Å². The van der Waals surface area contributed by atoms with Crippen LogP contribution in [0.3, 0.4) is 0 Å². The third-order valence-electron chi connectivity index (χ3n) is 1.90. The molecule has 0 atom stereocenters. The summed E-state index contributed by atoms with van der Waals surface area (Å²) in [4.78, 5) is 20.8. The van der Waals surface area contributed by atoms with Gasteiger partial charge in [-0.15, -0.1) is 0 Å². The van der Waals surface area contributed by atoms with Gasteiger partial charge in [0.2, 0.25) is 0 Å². The number of halogens is 3. The van der Waals surface area contributed by atoms with Gasteiger partial charge in [0.05, 0.1) is 5.56 Å². The van der Waals surface area contributed by atoms with Gasteiger partial charge < -0.3 is 9.84 Å². The maximum atomic E-state index is 13.7. The van der Waals surface area contributed by atoms with E-state index in [1.54, 1.807) is 0 Å². The van der Waals surface area contributed by atoms with Crippen LogP contribution in [0.4, 0.5) is 13.2 Å². The number of benzene rings is 1. The van der Waals surface area contributed by atoms with Crippen molar-refractivity contribution in [2.24, 2.45) is 0 Å². The van der Waals surface area contributed by atoms with Crippen molar-refractivity contribution in [2.75, 3.05) is 0 Å². The van der Waals surface area contributed by atoms with E-state index in [9.17, 15) is 22.8 Å². The standard InChI is InChI=1S/C11H7F3O4/c12-9-6(3-4-8(16)17)1-2-7(5-15)10(9)18-11(13)14/h1-5,11H,(H,16,17)/b4-3+. The lowest BCUT2D eigenvalue weighted by Gasteiger charge is -2.09. The van der Waals surface area contributed by atoms with E-state index >= 15 is 0 Å². The van der Waals surface area contributed by atoms with Crippen molar-refractivity contribution in [3.8, 4) is 5.75 Å². The molecule has 0 saturated carbocycles. The Kier molecular flexibility index (Phi) is 4.47. The van der Waals surface area contributed by atoms with Gasteiger partial charge in [-0.3, -0.25) is 4.79 Å². The van der Waals surface area contributed by atoms with Crippen molar-refractivity contribution in [3.05, 3.63) is 35.2 Å². The predicted molar refractivity (Wildman–Crippen MR) is 55.1 cm³/mol. The van der Waals surface area contributed by atoms with E-state index in [0.717, 1.165) is 18.2 Å². The van der Waals surface area contributed by atoms with Crippen molar-refractivity contribution in [3.63, 3.8) is 0 Å². The van der Waals surface area contributed by atoms with E-state index in [1.165, 1.54) is 0 Å². The van der Waals surface area contributed by atoms with Gasteiger partial charge in [-0.05, 0) is 12.1 Å². The zero-order valence-corrected chi connectivity index (χ0v) is 8.77. The Bertz CT molecular complexity index is 497. The normalized spacial score (nSPS) is 10.9. The Hall–Kier alpha value is -2.31. The Balaban J connectivity index is 3.24. The Morgan fingerprint density at radius 2 is 1.94 bits per heavy atom. The van der Waals surface area contributed by atoms with Crippen LogP contribution in [0.25, 0.3) is 6.08 Å². The number of carboxylic acid groups (broad SMARTS) is 1. The second-order valence-corrected chi connectivity index (χ2v) is 3.06. The number of hydrogen-bond donors (Lipinski definition) is 1. The summed E-state index contributed by atoms with van der Waals surface area (Å²) >= 11 is 0. The highest BCUT2D eigenvalue weighted by Crippen LogP contribution is 2.27. The van der Waals surface area contributed by atoms with Crippen LogP contribution >= 0.6 is 0 Å². The molecule has 0 aliphatic heterocycles. The topological polar surface area (TPSA) is 63.6 Å². The van der Waals surface area contributed by atoms with E-state index in [4.69, 9.17) is 5.11 Å². The molecule has 0 bridgehead atoms. The molecule has 18 heavy (non-hydrogen) atoms. The zero-order chi connectivity index (χ0) is 13.7. The van der Waals surface area contributed by atoms with Gasteiger partial charge in [0.25, 0.3) is 0 Å². The summed E-state index contributed by atoms with van der Waals surface area (Å²) in [5.74, 6) is -3.46. The number of carbonyl (C=O) groups excluding carboxylic acids is 1. The second-order valence-electron chi connectivity index (χ2n) is 3.06. The highest BCUT2D eigenvalue weighted by atomic mass is 19.3. The first-order valence-electron chi connectivity index (χ1n) is 4.59. The number of hydrogen-bond acceptors (Lipinski definition) is 3. The third-order valence-corrected chi connectivity index (χ3v) is 1.90. The SMILES string of the molecule is O=Cc1ccc(/C=C/C(=O)O)c(F)c1OC(F)F. The summed E-state index contributed by atoms with van der Waals surface area (Å²) in [5.41, 5.74) is -0.668. The second kappa shape index (κ2) is 5.85. The Morgan fingerprint density at radius 1 is 1.33 bits per heavy atom. The molecule has 0 fully saturated rings. The fourth-order valence-corrected chi connectivity index (χ4v) is 1.18. The van der Waals surface area contributed by atoms with Crippen molar-refractivity contribution < 1.29 is 32.6 Å². The number of alkyl halides is 2. The van der Waals surface area contributed by atoms with Gasteiger partial charge in [-0.2, -0.15) is 8.78 Å². The molecule has 1 rings (SSSR count). The van der Waals surface area contributed by atoms with E-state index < -0.39 is 24.1 Å². The summed E-state index contributed by atoms with van der Waals surface area (Å²) in [7, 11) is 0. The molecule has 0 aliphatic carbocycles. The van der Waals surface area contributed by atoms with E-state index in [0.29, 0.717) is 6.08 Å². The highest BCUT2D eigenvalue weighted by molar-refractivity contribution is 5.86. The summed E-state index contributed by atoms with van der Waals surface area (Å²) in [6.07, 6.45) is 1.65. The average Bonchev–Trinajstić information content (AvgIpc) is 2.29. The van der Waals surface area contributed by atoms with Gasteiger partial charge in [0.1, 0.15) is 0 Å². The van der Waals surface area contributed by atoms with Crippen LogP contribution in [0.1, 0.15) is 15.9 Å². The van der Waals surface area contributed by atoms with Gasteiger partial charge in [0.15, 0.2) is 17.9 Å². The lowest BCUT2D eigenvalue weighted by atomic mass is 10.1. The first-order valence-corrected chi connectivity index (χ1v) is 4.59. The smallest absolute Gasteiger partial charge is 0.387 e. The van der Waals surface area contributed by atoms with E-state index in [1.807, 2.05) is 0 Å². The number of ether oxygens (including phenoxy) is 1. The molecule has 0 unspecified atom stereocenters. The number of aliphatic carboxylic acids is 1. The molecule has 0 aliphatic rings. The molecule has 0 saturated heterocycles. The minimum absolute atomic E-state index is 0.158.